The molecule has 100 valence electrons. The van der Waals surface area contributed by atoms with Gasteiger partial charge in [0, 0.05) is 10.0 Å². The van der Waals surface area contributed by atoms with E-state index < -0.39 is 0 Å². The molecule has 0 amide bonds. The highest BCUT2D eigenvalue weighted by molar-refractivity contribution is 9.11. The van der Waals surface area contributed by atoms with E-state index in [2.05, 4.69) is 55.7 Å². The Balaban J connectivity index is 2.59. The first-order chi connectivity index (χ1) is 8.90. The molecule has 19 heavy (non-hydrogen) atoms. The fraction of sp³-hybridized carbons (Fsp3) is 0.231. The fourth-order valence-electron chi connectivity index (χ4n) is 1.58. The van der Waals surface area contributed by atoms with Crippen LogP contribution >= 0.6 is 55.1 Å². The van der Waals surface area contributed by atoms with Crippen molar-refractivity contribution in [2.24, 2.45) is 0 Å². The van der Waals surface area contributed by atoms with Crippen molar-refractivity contribution in [3.63, 3.8) is 0 Å². The average molecular weight is 425 g/mol. The van der Waals surface area contributed by atoms with E-state index in [0.717, 1.165) is 20.2 Å². The highest BCUT2D eigenvalue weighted by Crippen LogP contribution is 2.33. The number of halogens is 4. The van der Waals surface area contributed by atoms with Crippen molar-refractivity contribution in [3.05, 3.63) is 43.0 Å². The smallest absolute Gasteiger partial charge is 0.161 e. The third-order valence-electron chi connectivity index (χ3n) is 2.56. The van der Waals surface area contributed by atoms with Crippen LogP contribution in [0.4, 0.5) is 0 Å². The summed E-state index contributed by atoms with van der Waals surface area (Å²) in [5, 5.41) is 1.07. The van der Waals surface area contributed by atoms with Crippen LogP contribution in [0.5, 0.6) is 0 Å². The molecule has 0 radical (unpaired) electrons. The normalized spacial score (nSPS) is 11.1. The van der Waals surface area contributed by atoms with Gasteiger partial charge in [-0.3, -0.25) is 0 Å². The van der Waals surface area contributed by atoms with E-state index in [0.29, 0.717) is 16.0 Å². The summed E-state index contributed by atoms with van der Waals surface area (Å²) in [6.07, 6.45) is 0. The first-order valence-corrected chi connectivity index (χ1v) is 7.92. The molecule has 0 saturated carbocycles. The molecule has 2 rings (SSSR count). The molecule has 0 fully saturated rings. The number of benzene rings is 1. The van der Waals surface area contributed by atoms with Gasteiger partial charge in [0.2, 0.25) is 0 Å². The lowest BCUT2D eigenvalue weighted by atomic mass is 10.1. The Morgan fingerprint density at radius 1 is 1.11 bits per heavy atom. The lowest BCUT2D eigenvalue weighted by Gasteiger charge is -2.11. The largest absolute Gasteiger partial charge is 0.232 e. The van der Waals surface area contributed by atoms with E-state index in [-0.39, 0.29) is 5.92 Å². The van der Waals surface area contributed by atoms with Gasteiger partial charge in [0.05, 0.1) is 15.2 Å². The van der Waals surface area contributed by atoms with Gasteiger partial charge in [0.15, 0.2) is 5.82 Å². The second-order valence-electron chi connectivity index (χ2n) is 4.32. The molecule has 2 aromatic rings. The number of rotatable bonds is 2. The number of hydrogen-bond donors (Lipinski definition) is 0. The lowest BCUT2D eigenvalue weighted by Crippen LogP contribution is -2.00. The zero-order valence-electron chi connectivity index (χ0n) is 10.2. The van der Waals surface area contributed by atoms with Crippen molar-refractivity contribution in [1.29, 1.82) is 0 Å². The van der Waals surface area contributed by atoms with Gasteiger partial charge in [-0.25, -0.2) is 9.97 Å². The minimum Gasteiger partial charge on any atom is -0.232 e. The topological polar surface area (TPSA) is 25.8 Å². The van der Waals surface area contributed by atoms with E-state index in [4.69, 9.17) is 23.2 Å². The highest BCUT2D eigenvalue weighted by Gasteiger charge is 2.15. The number of nitrogens with zero attached hydrogens (tertiary/aromatic N) is 2. The van der Waals surface area contributed by atoms with E-state index in [1.54, 1.807) is 6.07 Å². The summed E-state index contributed by atoms with van der Waals surface area (Å²) in [7, 11) is 0. The molecular weight excluding hydrogens is 415 g/mol. The molecular formula is C13H10Br2Cl2N2. The lowest BCUT2D eigenvalue weighted by molar-refractivity contribution is 0.809. The van der Waals surface area contributed by atoms with Crippen LogP contribution in [0.2, 0.25) is 10.2 Å². The van der Waals surface area contributed by atoms with Gasteiger partial charge >= 0.3 is 0 Å². The summed E-state index contributed by atoms with van der Waals surface area (Å²) < 4.78 is 1.56. The maximum Gasteiger partial charge on any atom is 0.161 e. The predicted octanol–water partition coefficient (Wildman–Crippen LogP) is 6.10. The van der Waals surface area contributed by atoms with Gasteiger partial charge in [0.25, 0.3) is 0 Å². The maximum absolute atomic E-state index is 6.15. The Bertz CT molecular complexity index is 630. The molecule has 0 aliphatic heterocycles. The Morgan fingerprint density at radius 2 is 1.79 bits per heavy atom. The van der Waals surface area contributed by atoms with E-state index in [1.165, 1.54) is 0 Å². The number of aromatic nitrogens is 2. The SMILES string of the molecule is CC(C)c1nc(-c2ccc(Cl)c(Br)c2)nc(Cl)c1Br. The first kappa shape index (κ1) is 15.2. The van der Waals surface area contributed by atoms with Crippen LogP contribution in [-0.2, 0) is 0 Å². The summed E-state index contributed by atoms with van der Waals surface area (Å²) in [5.74, 6) is 0.846. The molecule has 0 N–H and O–H groups in total. The molecule has 1 heterocycles. The molecule has 6 heteroatoms. The van der Waals surface area contributed by atoms with Crippen LogP contribution in [0.3, 0.4) is 0 Å². The zero-order chi connectivity index (χ0) is 14.2. The van der Waals surface area contributed by atoms with Gasteiger partial charge in [-0.05, 0) is 56.0 Å². The molecule has 0 saturated heterocycles. The van der Waals surface area contributed by atoms with E-state index >= 15 is 0 Å². The minimum atomic E-state index is 0.254. The molecule has 1 aromatic carbocycles. The van der Waals surface area contributed by atoms with Gasteiger partial charge < -0.3 is 0 Å². The average Bonchev–Trinajstić information content (AvgIpc) is 2.35. The fourth-order valence-corrected chi connectivity index (χ4v) is 2.89. The van der Waals surface area contributed by atoms with Gasteiger partial charge in [-0.2, -0.15) is 0 Å². The second-order valence-corrected chi connectivity index (χ2v) is 6.73. The quantitative estimate of drug-likeness (QED) is 0.544. The molecule has 0 bridgehead atoms. The van der Waals surface area contributed by atoms with Crippen molar-refractivity contribution < 1.29 is 0 Å². The Kier molecular flexibility index (Phi) is 4.88. The van der Waals surface area contributed by atoms with Crippen LogP contribution < -0.4 is 0 Å². The monoisotopic (exact) mass is 422 g/mol. The summed E-state index contributed by atoms with van der Waals surface area (Å²) in [6.45, 7) is 4.12. The zero-order valence-corrected chi connectivity index (χ0v) is 14.9. The van der Waals surface area contributed by atoms with E-state index in [9.17, 15) is 0 Å². The summed E-state index contributed by atoms with van der Waals surface area (Å²) in [4.78, 5) is 8.87. The second kappa shape index (κ2) is 6.08. The highest BCUT2D eigenvalue weighted by atomic mass is 79.9. The maximum atomic E-state index is 6.15. The molecule has 2 nitrogen and oxygen atoms in total. The standard InChI is InChI=1S/C13H10Br2Cl2N2/c1-6(2)11-10(15)12(17)19-13(18-11)7-3-4-9(16)8(14)5-7/h3-6H,1-2H3. The minimum absolute atomic E-state index is 0.254. The van der Waals surface area contributed by atoms with Crippen LogP contribution in [0, 0.1) is 0 Å². The van der Waals surface area contributed by atoms with Crippen LogP contribution in [0.25, 0.3) is 11.4 Å². The predicted molar refractivity (Wildman–Crippen MR) is 87.0 cm³/mol. The summed E-state index contributed by atoms with van der Waals surface area (Å²) in [6, 6.07) is 5.55. The summed E-state index contributed by atoms with van der Waals surface area (Å²) >= 11 is 19.0. The van der Waals surface area contributed by atoms with Crippen molar-refractivity contribution >= 4 is 55.1 Å². The number of hydrogen-bond acceptors (Lipinski definition) is 2. The Hall–Kier alpha value is -0.160. The van der Waals surface area contributed by atoms with Gasteiger partial charge in [-0.15, -0.1) is 0 Å². The molecule has 0 spiro atoms. The van der Waals surface area contributed by atoms with Crippen LogP contribution in [0.1, 0.15) is 25.5 Å². The third kappa shape index (κ3) is 3.30. The van der Waals surface area contributed by atoms with Crippen LogP contribution in [-0.4, -0.2) is 9.97 Å². The Morgan fingerprint density at radius 3 is 2.37 bits per heavy atom. The van der Waals surface area contributed by atoms with Crippen molar-refractivity contribution in [1.82, 2.24) is 9.97 Å². The van der Waals surface area contributed by atoms with Crippen LogP contribution in [0.15, 0.2) is 27.1 Å². The van der Waals surface area contributed by atoms with Crippen molar-refractivity contribution in [3.8, 4) is 11.4 Å². The first-order valence-electron chi connectivity index (χ1n) is 5.58. The van der Waals surface area contributed by atoms with E-state index in [1.807, 2.05) is 12.1 Å². The summed E-state index contributed by atoms with van der Waals surface area (Å²) in [5.41, 5.74) is 1.76. The van der Waals surface area contributed by atoms with Gasteiger partial charge in [0.1, 0.15) is 5.15 Å². The van der Waals surface area contributed by atoms with Gasteiger partial charge in [-0.1, -0.05) is 37.0 Å². The third-order valence-corrected chi connectivity index (χ3v) is 5.06. The Labute approximate surface area is 138 Å². The molecule has 0 aliphatic carbocycles. The van der Waals surface area contributed by atoms with Crippen molar-refractivity contribution in [2.45, 2.75) is 19.8 Å². The molecule has 1 aromatic heterocycles. The van der Waals surface area contributed by atoms with Crippen molar-refractivity contribution in [2.75, 3.05) is 0 Å². The molecule has 0 aliphatic rings. The molecule has 0 atom stereocenters. The molecule has 0 unspecified atom stereocenters.